The Hall–Kier alpha value is -0.420. The van der Waals surface area contributed by atoms with E-state index >= 15 is 0 Å². The molecule has 90 valence electrons. The van der Waals surface area contributed by atoms with Gasteiger partial charge < -0.3 is 10.6 Å². The second kappa shape index (κ2) is 6.23. The predicted molar refractivity (Wildman–Crippen MR) is 56.5 cm³/mol. The topological polar surface area (TPSA) is 41.1 Å². The molecule has 3 nitrogen and oxygen atoms in total. The fourth-order valence-electron chi connectivity index (χ4n) is 1.63. The van der Waals surface area contributed by atoms with Crippen LogP contribution in [0.3, 0.4) is 0 Å². The number of piperidine rings is 1. The van der Waals surface area contributed by atoms with Gasteiger partial charge in [-0.15, -0.1) is 12.4 Å². The van der Waals surface area contributed by atoms with Crippen LogP contribution in [0.5, 0.6) is 0 Å². The van der Waals surface area contributed by atoms with Gasteiger partial charge in [0.05, 0.1) is 12.0 Å². The first-order valence-electron chi connectivity index (χ1n) is 4.82. The summed E-state index contributed by atoms with van der Waals surface area (Å²) in [5, 5.41) is 5.36. The lowest BCUT2D eigenvalue weighted by atomic mass is 9.82. The molecule has 1 amide bonds. The monoisotopic (exact) mass is 242 g/mol. The van der Waals surface area contributed by atoms with E-state index in [2.05, 4.69) is 10.6 Å². The minimum Gasteiger partial charge on any atom is -0.350 e. The fourth-order valence-corrected chi connectivity index (χ4v) is 1.63. The van der Waals surface area contributed by atoms with Crippen molar-refractivity contribution in [2.75, 3.05) is 19.6 Å². The average molecular weight is 243 g/mol. The molecule has 0 aromatic carbocycles. The van der Waals surface area contributed by atoms with E-state index in [-0.39, 0.29) is 18.3 Å². The highest BCUT2D eigenvalue weighted by Gasteiger charge is 2.34. The Bertz CT molecular complexity index is 208. The zero-order valence-corrected chi connectivity index (χ0v) is 9.50. The molecule has 15 heavy (non-hydrogen) atoms. The number of rotatable bonds is 3. The molecule has 0 radical (unpaired) electrons. The van der Waals surface area contributed by atoms with E-state index in [4.69, 9.17) is 0 Å². The maximum atomic E-state index is 11.9. The van der Waals surface area contributed by atoms with Crippen LogP contribution in [0.2, 0.25) is 0 Å². The van der Waals surface area contributed by atoms with Gasteiger partial charge in [0.25, 0.3) is 6.43 Å². The molecule has 1 heterocycles. The number of carbonyl (C=O) groups is 1. The summed E-state index contributed by atoms with van der Waals surface area (Å²) in [4.78, 5) is 11.5. The molecule has 6 heteroatoms. The van der Waals surface area contributed by atoms with Crippen molar-refractivity contribution in [2.24, 2.45) is 5.41 Å². The number of carbonyl (C=O) groups excluding carboxylic acids is 1. The van der Waals surface area contributed by atoms with E-state index in [1.807, 2.05) is 0 Å². The standard InChI is InChI=1S/C9H16F2N2O.ClH/c1-9(3-2-4-12-6-9)8(14)13-5-7(10)11;/h7,12H,2-6H2,1H3,(H,13,14);1H. The highest BCUT2D eigenvalue weighted by Crippen LogP contribution is 2.25. The first-order chi connectivity index (χ1) is 6.54. The van der Waals surface area contributed by atoms with Crippen LogP contribution < -0.4 is 10.6 Å². The minimum absolute atomic E-state index is 0. The smallest absolute Gasteiger partial charge is 0.255 e. The quantitative estimate of drug-likeness (QED) is 0.780. The largest absolute Gasteiger partial charge is 0.350 e. The highest BCUT2D eigenvalue weighted by molar-refractivity contribution is 5.85. The van der Waals surface area contributed by atoms with E-state index in [9.17, 15) is 13.6 Å². The Morgan fingerprint density at radius 2 is 2.27 bits per heavy atom. The number of hydrogen-bond donors (Lipinski definition) is 2. The molecule has 1 fully saturated rings. The third-order valence-corrected chi connectivity index (χ3v) is 2.56. The van der Waals surface area contributed by atoms with Gasteiger partial charge in [0.1, 0.15) is 0 Å². The molecule has 1 rings (SSSR count). The molecule has 1 aliphatic heterocycles. The van der Waals surface area contributed by atoms with Crippen molar-refractivity contribution in [2.45, 2.75) is 26.2 Å². The number of halogens is 3. The van der Waals surface area contributed by atoms with Gasteiger partial charge in [0, 0.05) is 6.54 Å². The van der Waals surface area contributed by atoms with Crippen LogP contribution in [-0.4, -0.2) is 32.0 Å². The molecule has 1 unspecified atom stereocenters. The van der Waals surface area contributed by atoms with Gasteiger partial charge in [-0.3, -0.25) is 4.79 Å². The van der Waals surface area contributed by atoms with E-state index in [1.165, 1.54) is 0 Å². The number of alkyl halides is 2. The molecule has 0 bridgehead atoms. The normalized spacial score (nSPS) is 25.9. The van der Waals surface area contributed by atoms with Crippen LogP contribution in [0, 0.1) is 5.41 Å². The summed E-state index contributed by atoms with van der Waals surface area (Å²) in [6.07, 6.45) is -0.799. The summed E-state index contributed by atoms with van der Waals surface area (Å²) in [6.45, 7) is 2.73. The zero-order chi connectivity index (χ0) is 10.6. The van der Waals surface area contributed by atoms with Crippen molar-refractivity contribution < 1.29 is 13.6 Å². The maximum absolute atomic E-state index is 11.9. The Morgan fingerprint density at radius 1 is 1.60 bits per heavy atom. The van der Waals surface area contributed by atoms with Crippen LogP contribution >= 0.6 is 12.4 Å². The molecule has 2 N–H and O–H groups in total. The van der Waals surface area contributed by atoms with Gasteiger partial charge in [-0.25, -0.2) is 8.78 Å². The molecular formula is C9H17ClF2N2O. The second-order valence-corrected chi connectivity index (χ2v) is 3.94. The summed E-state index contributed by atoms with van der Waals surface area (Å²) < 4.78 is 23.7. The van der Waals surface area contributed by atoms with Crippen molar-refractivity contribution in [1.82, 2.24) is 10.6 Å². The molecule has 0 aromatic rings. The van der Waals surface area contributed by atoms with E-state index in [0.29, 0.717) is 6.54 Å². The van der Waals surface area contributed by atoms with Crippen LogP contribution in [-0.2, 0) is 4.79 Å². The number of hydrogen-bond acceptors (Lipinski definition) is 2. The Balaban J connectivity index is 0.00000196. The summed E-state index contributed by atoms with van der Waals surface area (Å²) in [5.74, 6) is -0.273. The molecule has 1 aliphatic rings. The third-order valence-electron chi connectivity index (χ3n) is 2.56. The van der Waals surface area contributed by atoms with Gasteiger partial charge >= 0.3 is 0 Å². The molecule has 0 aromatic heterocycles. The minimum atomic E-state index is -2.47. The summed E-state index contributed by atoms with van der Waals surface area (Å²) in [6, 6.07) is 0. The van der Waals surface area contributed by atoms with Crippen molar-refractivity contribution >= 4 is 18.3 Å². The number of amides is 1. The zero-order valence-electron chi connectivity index (χ0n) is 8.69. The molecule has 0 spiro atoms. The number of nitrogens with one attached hydrogen (secondary N) is 2. The molecule has 1 saturated heterocycles. The summed E-state index contributed by atoms with van der Waals surface area (Å²) in [7, 11) is 0. The van der Waals surface area contributed by atoms with Crippen molar-refractivity contribution in [3.63, 3.8) is 0 Å². The first kappa shape index (κ1) is 14.6. The van der Waals surface area contributed by atoms with Crippen molar-refractivity contribution in [1.29, 1.82) is 0 Å². The van der Waals surface area contributed by atoms with Gasteiger partial charge in [0.15, 0.2) is 0 Å². The van der Waals surface area contributed by atoms with Gasteiger partial charge in [-0.1, -0.05) is 0 Å². The molecule has 0 saturated carbocycles. The highest BCUT2D eigenvalue weighted by atomic mass is 35.5. The van der Waals surface area contributed by atoms with Crippen molar-refractivity contribution in [3.8, 4) is 0 Å². The predicted octanol–water partition coefficient (Wildman–Crippen LogP) is 1.18. The summed E-state index contributed by atoms with van der Waals surface area (Å²) in [5.41, 5.74) is -0.521. The van der Waals surface area contributed by atoms with Crippen LogP contribution in [0.25, 0.3) is 0 Å². The molecular weight excluding hydrogens is 226 g/mol. The molecule has 1 atom stereocenters. The fraction of sp³-hybridized carbons (Fsp3) is 0.889. The summed E-state index contributed by atoms with van der Waals surface area (Å²) >= 11 is 0. The third kappa shape index (κ3) is 4.30. The average Bonchev–Trinajstić information content (AvgIpc) is 2.15. The Morgan fingerprint density at radius 3 is 2.73 bits per heavy atom. The van der Waals surface area contributed by atoms with Gasteiger partial charge in [0.2, 0.25) is 5.91 Å². The van der Waals surface area contributed by atoms with Crippen LogP contribution in [0.4, 0.5) is 8.78 Å². The van der Waals surface area contributed by atoms with Gasteiger partial charge in [-0.05, 0) is 26.3 Å². The maximum Gasteiger partial charge on any atom is 0.255 e. The Kier molecular flexibility index (Phi) is 6.05. The first-order valence-corrected chi connectivity index (χ1v) is 4.82. The van der Waals surface area contributed by atoms with E-state index in [1.54, 1.807) is 6.92 Å². The van der Waals surface area contributed by atoms with E-state index in [0.717, 1.165) is 19.4 Å². The lowest BCUT2D eigenvalue weighted by Crippen LogP contribution is -2.49. The lowest BCUT2D eigenvalue weighted by Gasteiger charge is -2.32. The molecule has 0 aliphatic carbocycles. The lowest BCUT2D eigenvalue weighted by molar-refractivity contribution is -0.131. The Labute approximate surface area is 94.4 Å². The van der Waals surface area contributed by atoms with Gasteiger partial charge in [-0.2, -0.15) is 0 Å². The van der Waals surface area contributed by atoms with Crippen LogP contribution in [0.1, 0.15) is 19.8 Å². The second-order valence-electron chi connectivity index (χ2n) is 3.94. The van der Waals surface area contributed by atoms with Crippen molar-refractivity contribution in [3.05, 3.63) is 0 Å². The SMILES string of the molecule is CC1(C(=O)NCC(F)F)CCCNC1.Cl. The van der Waals surface area contributed by atoms with E-state index < -0.39 is 18.4 Å². The van der Waals surface area contributed by atoms with Crippen LogP contribution in [0.15, 0.2) is 0 Å².